The van der Waals surface area contributed by atoms with Crippen molar-refractivity contribution in [3.8, 4) is 5.69 Å². The first kappa shape index (κ1) is 15.4. The molecule has 0 spiro atoms. The smallest absolute Gasteiger partial charge is 0.257 e. The zero-order valence-corrected chi connectivity index (χ0v) is 14.5. The zero-order valence-electron chi connectivity index (χ0n) is 14.5. The van der Waals surface area contributed by atoms with E-state index in [2.05, 4.69) is 25.7 Å². The van der Waals surface area contributed by atoms with E-state index in [1.54, 1.807) is 23.0 Å². The Balaban J connectivity index is 1.53. The number of aryl methyl sites for hydroxylation is 1. The van der Waals surface area contributed by atoms with E-state index in [0.717, 1.165) is 44.6 Å². The van der Waals surface area contributed by atoms with Crippen molar-refractivity contribution in [2.75, 3.05) is 5.32 Å². The summed E-state index contributed by atoms with van der Waals surface area (Å²) in [7, 11) is 0. The van der Waals surface area contributed by atoms with Crippen molar-refractivity contribution >= 4 is 33.2 Å². The molecule has 0 aliphatic heterocycles. The van der Waals surface area contributed by atoms with Crippen molar-refractivity contribution in [2.24, 2.45) is 0 Å². The van der Waals surface area contributed by atoms with Crippen LogP contribution in [0.2, 0.25) is 0 Å². The van der Waals surface area contributed by atoms with Crippen molar-refractivity contribution in [3.05, 3.63) is 77.0 Å². The Morgan fingerprint density at radius 3 is 2.30 bits per heavy atom. The Bertz CT molecular complexity index is 1340. The summed E-state index contributed by atoms with van der Waals surface area (Å²) in [5.41, 5.74) is 5.14. The second-order valence-corrected chi connectivity index (χ2v) is 6.50. The first-order valence-electron chi connectivity index (χ1n) is 8.55. The minimum absolute atomic E-state index is 0.0928. The predicted molar refractivity (Wildman–Crippen MR) is 106 cm³/mol. The number of H-pyrrole nitrogens is 2. The fraction of sp³-hybridized carbons (Fsp3) is 0.0500. The number of anilines is 2. The summed E-state index contributed by atoms with van der Waals surface area (Å²) in [6.07, 6.45) is 3.52. The van der Waals surface area contributed by atoms with E-state index in [1.165, 1.54) is 0 Å². The third kappa shape index (κ3) is 2.65. The Kier molecular flexibility index (Phi) is 3.33. The lowest BCUT2D eigenvalue weighted by Crippen LogP contribution is -2.20. The zero-order chi connectivity index (χ0) is 18.4. The van der Waals surface area contributed by atoms with E-state index in [1.807, 2.05) is 49.4 Å². The average Bonchev–Trinajstić information content (AvgIpc) is 3.29. The number of aromatic amines is 2. The van der Waals surface area contributed by atoms with Crippen LogP contribution in [-0.2, 0) is 0 Å². The summed E-state index contributed by atoms with van der Waals surface area (Å²) in [5.74, 6) is 0. The topological polar surface area (TPSA) is 91.4 Å². The molecule has 0 saturated heterocycles. The molecule has 3 heterocycles. The lowest BCUT2D eigenvalue weighted by atomic mass is 10.2. The van der Waals surface area contributed by atoms with E-state index in [4.69, 9.17) is 0 Å². The molecule has 0 bridgehead atoms. The fourth-order valence-corrected chi connectivity index (χ4v) is 3.36. The van der Waals surface area contributed by atoms with Crippen molar-refractivity contribution in [2.45, 2.75) is 6.92 Å². The van der Waals surface area contributed by atoms with E-state index in [-0.39, 0.29) is 5.56 Å². The number of benzene rings is 2. The van der Waals surface area contributed by atoms with Gasteiger partial charge in [0.05, 0.1) is 23.4 Å². The highest BCUT2D eigenvalue weighted by atomic mass is 16.1. The van der Waals surface area contributed by atoms with Gasteiger partial charge in [-0.25, -0.2) is 0 Å². The van der Waals surface area contributed by atoms with Gasteiger partial charge in [-0.05, 0) is 49.4 Å². The molecule has 0 radical (unpaired) electrons. The predicted octanol–water partition coefficient (Wildman–Crippen LogP) is 3.64. The van der Waals surface area contributed by atoms with Crippen LogP contribution in [0.3, 0.4) is 0 Å². The molecule has 7 nitrogen and oxygen atoms in total. The summed E-state index contributed by atoms with van der Waals surface area (Å²) >= 11 is 0. The second kappa shape index (κ2) is 5.84. The van der Waals surface area contributed by atoms with Gasteiger partial charge in [-0.2, -0.15) is 10.2 Å². The Morgan fingerprint density at radius 2 is 1.56 bits per heavy atom. The fourth-order valence-electron chi connectivity index (χ4n) is 3.36. The van der Waals surface area contributed by atoms with Gasteiger partial charge < -0.3 is 5.32 Å². The molecule has 0 aliphatic carbocycles. The van der Waals surface area contributed by atoms with Gasteiger partial charge in [0.15, 0.2) is 0 Å². The molecule has 0 saturated carbocycles. The van der Waals surface area contributed by atoms with Crippen molar-refractivity contribution in [3.63, 3.8) is 0 Å². The third-order valence-electron chi connectivity index (χ3n) is 4.63. The standard InChI is InChI=1S/C20H16N6O/c1-12-6-16(23-15-2-4-18-13(7-15)10-21-24-18)9-20(27)26(12)17-3-5-19-14(8-17)11-22-25-19/h2-11,23H,1H3,(H,21,24)(H,22,25). The van der Waals surface area contributed by atoms with Gasteiger partial charge >= 0.3 is 0 Å². The number of hydrogen-bond donors (Lipinski definition) is 3. The highest BCUT2D eigenvalue weighted by Gasteiger charge is 2.08. The van der Waals surface area contributed by atoms with E-state index in [9.17, 15) is 4.79 Å². The molecule has 0 unspecified atom stereocenters. The van der Waals surface area contributed by atoms with Crippen LogP contribution < -0.4 is 10.9 Å². The minimum Gasteiger partial charge on any atom is -0.355 e. The molecule has 27 heavy (non-hydrogen) atoms. The molecular weight excluding hydrogens is 340 g/mol. The molecule has 0 fully saturated rings. The van der Waals surface area contributed by atoms with Crippen molar-refractivity contribution in [1.29, 1.82) is 0 Å². The van der Waals surface area contributed by atoms with Gasteiger partial charge in [0.1, 0.15) is 0 Å². The maximum absolute atomic E-state index is 12.8. The second-order valence-electron chi connectivity index (χ2n) is 6.50. The number of nitrogens with one attached hydrogen (secondary N) is 3. The maximum atomic E-state index is 12.8. The number of fused-ring (bicyclic) bond motifs is 2. The summed E-state index contributed by atoms with van der Waals surface area (Å²) < 4.78 is 1.69. The van der Waals surface area contributed by atoms with Gasteiger partial charge in [0.25, 0.3) is 5.56 Å². The number of aromatic nitrogens is 5. The van der Waals surface area contributed by atoms with Gasteiger partial charge in [-0.3, -0.25) is 19.6 Å². The minimum atomic E-state index is -0.0928. The number of hydrogen-bond acceptors (Lipinski definition) is 4. The van der Waals surface area contributed by atoms with Gasteiger partial charge in [0, 0.05) is 39.6 Å². The molecule has 3 N–H and O–H groups in total. The Labute approximate surface area is 153 Å². The molecule has 0 aliphatic rings. The molecule has 5 aromatic rings. The molecule has 0 amide bonds. The van der Waals surface area contributed by atoms with Crippen LogP contribution in [0.1, 0.15) is 5.69 Å². The van der Waals surface area contributed by atoms with Gasteiger partial charge in [-0.1, -0.05) is 0 Å². The maximum Gasteiger partial charge on any atom is 0.257 e. The molecule has 7 heteroatoms. The van der Waals surface area contributed by atoms with Crippen LogP contribution >= 0.6 is 0 Å². The summed E-state index contributed by atoms with van der Waals surface area (Å²) in [5, 5.41) is 19.2. The first-order chi connectivity index (χ1) is 13.2. The average molecular weight is 356 g/mol. The lowest BCUT2D eigenvalue weighted by molar-refractivity contribution is 0.938. The quantitative estimate of drug-likeness (QED) is 0.460. The number of pyridine rings is 1. The SMILES string of the molecule is Cc1cc(Nc2ccc3[nH]ncc3c2)cc(=O)n1-c1ccc2[nH]ncc2c1. The summed E-state index contributed by atoms with van der Waals surface area (Å²) in [6.45, 7) is 1.92. The Hall–Kier alpha value is -3.87. The largest absolute Gasteiger partial charge is 0.355 e. The Morgan fingerprint density at radius 1 is 0.852 bits per heavy atom. The highest BCUT2D eigenvalue weighted by molar-refractivity contribution is 5.83. The van der Waals surface area contributed by atoms with Gasteiger partial charge in [-0.15, -0.1) is 0 Å². The third-order valence-corrected chi connectivity index (χ3v) is 4.63. The van der Waals surface area contributed by atoms with Crippen molar-refractivity contribution in [1.82, 2.24) is 25.0 Å². The van der Waals surface area contributed by atoms with Crippen LogP contribution in [0.25, 0.3) is 27.5 Å². The molecule has 0 atom stereocenters. The molecule has 3 aromatic heterocycles. The van der Waals surface area contributed by atoms with Gasteiger partial charge in [0.2, 0.25) is 0 Å². The first-order valence-corrected chi connectivity index (χ1v) is 8.55. The van der Waals surface area contributed by atoms with E-state index >= 15 is 0 Å². The van der Waals surface area contributed by atoms with Crippen LogP contribution in [0, 0.1) is 6.92 Å². The monoisotopic (exact) mass is 356 g/mol. The van der Waals surface area contributed by atoms with Crippen LogP contribution in [-0.4, -0.2) is 25.0 Å². The van der Waals surface area contributed by atoms with E-state index < -0.39 is 0 Å². The molecule has 132 valence electrons. The number of rotatable bonds is 3. The normalized spacial score (nSPS) is 11.3. The molecule has 2 aromatic carbocycles. The van der Waals surface area contributed by atoms with Crippen LogP contribution in [0.15, 0.2) is 65.7 Å². The van der Waals surface area contributed by atoms with Crippen molar-refractivity contribution < 1.29 is 0 Å². The lowest BCUT2D eigenvalue weighted by Gasteiger charge is -2.13. The summed E-state index contributed by atoms with van der Waals surface area (Å²) in [6, 6.07) is 15.3. The highest BCUT2D eigenvalue weighted by Crippen LogP contribution is 2.22. The summed E-state index contributed by atoms with van der Waals surface area (Å²) in [4.78, 5) is 12.8. The molecule has 5 rings (SSSR count). The number of nitrogens with zero attached hydrogens (tertiary/aromatic N) is 3. The van der Waals surface area contributed by atoms with E-state index in [0.29, 0.717) is 0 Å². The molecular formula is C20H16N6O. The van der Waals surface area contributed by atoms with Crippen LogP contribution in [0.4, 0.5) is 11.4 Å². The van der Waals surface area contributed by atoms with Crippen LogP contribution in [0.5, 0.6) is 0 Å².